The lowest BCUT2D eigenvalue weighted by Gasteiger charge is -2.32. The van der Waals surface area contributed by atoms with Crippen molar-refractivity contribution in [1.29, 1.82) is 0 Å². The maximum Gasteiger partial charge on any atom is 0.261 e. The van der Waals surface area contributed by atoms with Crippen LogP contribution in [-0.2, 0) is 4.79 Å². The molecule has 0 aliphatic carbocycles. The van der Waals surface area contributed by atoms with Gasteiger partial charge in [-0.25, -0.2) is 9.67 Å². The maximum absolute atomic E-state index is 13.4. The molecule has 3 aromatic carbocycles. The van der Waals surface area contributed by atoms with Crippen LogP contribution in [0.2, 0.25) is 0 Å². The Hall–Kier alpha value is -4.79. The van der Waals surface area contributed by atoms with Crippen LogP contribution in [0.25, 0.3) is 27.5 Å². The number of benzene rings is 3. The number of anilines is 1. The number of carbonyl (C=O) groups is 2. The van der Waals surface area contributed by atoms with Crippen LogP contribution >= 0.6 is 0 Å². The average molecular weight is 493 g/mol. The van der Waals surface area contributed by atoms with Crippen molar-refractivity contribution >= 4 is 39.3 Å². The van der Waals surface area contributed by atoms with E-state index >= 15 is 0 Å². The number of aromatic amines is 1. The summed E-state index contributed by atoms with van der Waals surface area (Å²) in [7, 11) is 0. The van der Waals surface area contributed by atoms with E-state index in [4.69, 9.17) is 0 Å². The van der Waals surface area contributed by atoms with Gasteiger partial charge in [-0.05, 0) is 41.8 Å². The number of nitrogens with zero attached hydrogens (tertiary/aromatic N) is 4. The van der Waals surface area contributed by atoms with Crippen LogP contribution in [0.5, 0.6) is 0 Å². The normalized spacial score (nSPS) is 15.7. The first kappa shape index (κ1) is 22.7. The summed E-state index contributed by atoms with van der Waals surface area (Å²) in [6.45, 7) is 0.958. The van der Waals surface area contributed by atoms with Crippen molar-refractivity contribution in [2.24, 2.45) is 5.92 Å². The molecule has 1 atom stereocenters. The minimum atomic E-state index is -0.351. The summed E-state index contributed by atoms with van der Waals surface area (Å²) < 4.78 is 1.54. The number of hydrogen-bond donors (Lipinski definition) is 2. The van der Waals surface area contributed by atoms with Crippen LogP contribution < -0.4 is 10.9 Å². The molecule has 1 aliphatic rings. The first-order valence-electron chi connectivity index (χ1n) is 12.2. The van der Waals surface area contributed by atoms with Gasteiger partial charge in [-0.3, -0.25) is 14.4 Å². The largest absolute Gasteiger partial charge is 0.338 e. The zero-order chi connectivity index (χ0) is 25.4. The first-order chi connectivity index (χ1) is 18.1. The Morgan fingerprint density at radius 1 is 0.973 bits per heavy atom. The fourth-order valence-electron chi connectivity index (χ4n) is 4.99. The van der Waals surface area contributed by atoms with Crippen molar-refractivity contribution in [3.63, 3.8) is 0 Å². The van der Waals surface area contributed by atoms with Crippen LogP contribution in [0.3, 0.4) is 0 Å². The van der Waals surface area contributed by atoms with Gasteiger partial charge < -0.3 is 15.2 Å². The lowest BCUT2D eigenvalue weighted by Crippen LogP contribution is -2.43. The van der Waals surface area contributed by atoms with Gasteiger partial charge in [0.2, 0.25) is 5.91 Å². The SMILES string of the molecule is O=C(Nc1ccccc1-n1ncc2c(=O)[nH]cnc21)C1CCCN(C(=O)c2cccc3ccccc23)C1. The Labute approximate surface area is 211 Å². The molecule has 1 aliphatic heterocycles. The summed E-state index contributed by atoms with van der Waals surface area (Å²) in [5.41, 5.74) is 1.92. The highest BCUT2D eigenvalue weighted by atomic mass is 16.2. The van der Waals surface area contributed by atoms with Crippen molar-refractivity contribution in [1.82, 2.24) is 24.6 Å². The van der Waals surface area contributed by atoms with E-state index in [1.54, 1.807) is 11.0 Å². The Morgan fingerprint density at radius 2 is 1.78 bits per heavy atom. The molecular weight excluding hydrogens is 468 g/mol. The molecule has 2 amide bonds. The van der Waals surface area contributed by atoms with Crippen molar-refractivity contribution in [2.75, 3.05) is 18.4 Å². The van der Waals surface area contributed by atoms with Crippen molar-refractivity contribution in [3.8, 4) is 5.69 Å². The summed E-state index contributed by atoms with van der Waals surface area (Å²) in [6, 6.07) is 20.8. The zero-order valence-corrected chi connectivity index (χ0v) is 19.9. The van der Waals surface area contributed by atoms with Crippen LogP contribution in [0.4, 0.5) is 5.69 Å². The number of aromatic nitrogens is 4. The predicted molar refractivity (Wildman–Crippen MR) is 141 cm³/mol. The second-order valence-corrected chi connectivity index (χ2v) is 9.15. The molecule has 3 heterocycles. The highest BCUT2D eigenvalue weighted by molar-refractivity contribution is 6.07. The summed E-state index contributed by atoms with van der Waals surface area (Å²) in [5.74, 6) is -0.574. The topological polar surface area (TPSA) is 113 Å². The van der Waals surface area contributed by atoms with Gasteiger partial charge in [-0.2, -0.15) is 5.10 Å². The third-order valence-electron chi connectivity index (χ3n) is 6.86. The van der Waals surface area contributed by atoms with E-state index in [0.29, 0.717) is 47.5 Å². The summed E-state index contributed by atoms with van der Waals surface area (Å²) >= 11 is 0. The first-order valence-corrected chi connectivity index (χ1v) is 12.2. The zero-order valence-electron chi connectivity index (χ0n) is 19.9. The van der Waals surface area contributed by atoms with Crippen LogP contribution in [0, 0.1) is 5.92 Å². The fourth-order valence-corrected chi connectivity index (χ4v) is 4.99. The Morgan fingerprint density at radius 3 is 2.70 bits per heavy atom. The number of rotatable bonds is 4. The van der Waals surface area contributed by atoms with E-state index < -0.39 is 0 Å². The minimum absolute atomic E-state index is 0.0611. The highest BCUT2D eigenvalue weighted by Crippen LogP contribution is 2.26. The highest BCUT2D eigenvalue weighted by Gasteiger charge is 2.30. The molecule has 0 spiro atoms. The van der Waals surface area contributed by atoms with Gasteiger partial charge >= 0.3 is 0 Å². The summed E-state index contributed by atoms with van der Waals surface area (Å²) in [5, 5.41) is 9.64. The number of H-pyrrole nitrogens is 1. The molecule has 9 nitrogen and oxygen atoms in total. The van der Waals surface area contributed by atoms with Crippen LogP contribution in [0.15, 0.2) is 84.0 Å². The van der Waals surface area contributed by atoms with E-state index in [1.165, 1.54) is 17.2 Å². The molecular formula is C28H24N6O3. The molecule has 2 N–H and O–H groups in total. The number of piperidine rings is 1. The molecule has 184 valence electrons. The smallest absolute Gasteiger partial charge is 0.261 e. The molecule has 0 bridgehead atoms. The van der Waals surface area contributed by atoms with E-state index in [9.17, 15) is 14.4 Å². The summed E-state index contributed by atoms with van der Waals surface area (Å²) in [6.07, 6.45) is 4.22. The molecule has 9 heteroatoms. The summed E-state index contributed by atoms with van der Waals surface area (Å²) in [4.78, 5) is 47.5. The van der Waals surface area contributed by atoms with Gasteiger partial charge in [-0.15, -0.1) is 0 Å². The number of carbonyl (C=O) groups excluding carboxylic acids is 2. The van der Waals surface area contributed by atoms with E-state index in [0.717, 1.165) is 17.2 Å². The number of para-hydroxylation sites is 2. The molecule has 0 radical (unpaired) electrons. The standard InChI is InChI=1S/C28H24N6O3/c35-26(32-23-12-3-4-13-24(23)34-25-22(15-31-34)27(36)30-17-29-25)19-9-6-14-33(16-19)28(37)21-11-5-8-18-7-1-2-10-20(18)21/h1-5,7-8,10-13,15,17,19H,6,9,14,16H2,(H,32,35)(H,29,30,36). The molecule has 1 saturated heterocycles. The lowest BCUT2D eigenvalue weighted by molar-refractivity contribution is -0.121. The molecule has 1 fully saturated rings. The van der Waals surface area contributed by atoms with Crippen molar-refractivity contribution < 1.29 is 9.59 Å². The van der Waals surface area contributed by atoms with Crippen LogP contribution in [-0.4, -0.2) is 49.6 Å². The third kappa shape index (κ3) is 4.14. The quantitative estimate of drug-likeness (QED) is 0.397. The van der Waals surface area contributed by atoms with E-state index in [1.807, 2.05) is 60.7 Å². The van der Waals surface area contributed by atoms with Gasteiger partial charge in [0.05, 0.1) is 29.8 Å². The number of nitrogens with one attached hydrogen (secondary N) is 2. The number of amides is 2. The van der Waals surface area contributed by atoms with Gasteiger partial charge in [-0.1, -0.05) is 48.5 Å². The molecule has 6 rings (SSSR count). The minimum Gasteiger partial charge on any atom is -0.338 e. The van der Waals surface area contributed by atoms with Crippen molar-refractivity contribution in [2.45, 2.75) is 12.8 Å². The Kier molecular flexibility index (Phi) is 5.72. The Balaban J connectivity index is 1.24. The van der Waals surface area contributed by atoms with Crippen molar-refractivity contribution in [3.05, 3.63) is 95.2 Å². The molecule has 1 unspecified atom stereocenters. The monoisotopic (exact) mass is 492 g/mol. The average Bonchev–Trinajstić information content (AvgIpc) is 3.38. The van der Waals surface area contributed by atoms with Gasteiger partial charge in [0, 0.05) is 18.7 Å². The number of hydrogen-bond acceptors (Lipinski definition) is 5. The second-order valence-electron chi connectivity index (χ2n) is 9.15. The van der Waals surface area contributed by atoms with Gasteiger partial charge in [0.1, 0.15) is 5.39 Å². The molecule has 37 heavy (non-hydrogen) atoms. The molecule has 5 aromatic rings. The molecule has 2 aromatic heterocycles. The second kappa shape index (κ2) is 9.34. The lowest BCUT2D eigenvalue weighted by atomic mass is 9.95. The van der Waals surface area contributed by atoms with Gasteiger partial charge in [0.15, 0.2) is 5.65 Å². The van der Waals surface area contributed by atoms with E-state index in [-0.39, 0.29) is 23.3 Å². The number of likely N-dealkylation sites (tertiary alicyclic amines) is 1. The third-order valence-corrected chi connectivity index (χ3v) is 6.86. The predicted octanol–water partition coefficient (Wildman–Crippen LogP) is 3.75. The Bertz CT molecular complexity index is 1700. The fraction of sp³-hybridized carbons (Fsp3) is 0.179. The van der Waals surface area contributed by atoms with Gasteiger partial charge in [0.25, 0.3) is 11.5 Å². The van der Waals surface area contributed by atoms with E-state index in [2.05, 4.69) is 20.4 Å². The number of fused-ring (bicyclic) bond motifs is 2. The van der Waals surface area contributed by atoms with Crippen LogP contribution in [0.1, 0.15) is 23.2 Å². The maximum atomic E-state index is 13.4. The molecule has 0 saturated carbocycles.